The standard InChI is InChI=1S/C17H25NO4/c19-14-10-18-8-6-13(16(20)15(18)17(14)21)7-9-22-11-12-4-2-1-3-5-12/h1-5,13-17,19-21H,6-11H2. The fraction of sp³-hybridized carbons (Fsp3) is 0.647. The van der Waals surface area contributed by atoms with Crippen LogP contribution in [0.5, 0.6) is 0 Å². The van der Waals surface area contributed by atoms with Crippen molar-refractivity contribution in [3.8, 4) is 0 Å². The van der Waals surface area contributed by atoms with E-state index in [4.69, 9.17) is 4.74 Å². The minimum absolute atomic E-state index is 0.122. The Labute approximate surface area is 131 Å². The molecule has 0 aromatic heterocycles. The fourth-order valence-corrected chi connectivity index (χ4v) is 3.67. The molecule has 1 aromatic carbocycles. The lowest BCUT2D eigenvalue weighted by molar-refractivity contribution is -0.0635. The molecular formula is C17H25NO4. The van der Waals surface area contributed by atoms with E-state index in [1.54, 1.807) is 0 Å². The molecule has 0 spiro atoms. The number of hydrogen-bond acceptors (Lipinski definition) is 5. The largest absolute Gasteiger partial charge is 0.391 e. The predicted octanol–water partition coefficient (Wildman–Crippen LogP) is 0.380. The van der Waals surface area contributed by atoms with Crippen LogP contribution < -0.4 is 0 Å². The van der Waals surface area contributed by atoms with E-state index in [0.717, 1.165) is 24.9 Å². The molecule has 2 aliphatic heterocycles. The summed E-state index contributed by atoms with van der Waals surface area (Å²) in [6, 6.07) is 9.70. The third-order valence-corrected chi connectivity index (χ3v) is 4.95. The maximum atomic E-state index is 10.5. The van der Waals surface area contributed by atoms with Crippen molar-refractivity contribution in [2.24, 2.45) is 5.92 Å². The molecule has 2 heterocycles. The van der Waals surface area contributed by atoms with Gasteiger partial charge >= 0.3 is 0 Å². The van der Waals surface area contributed by atoms with Gasteiger partial charge in [-0.2, -0.15) is 0 Å². The van der Waals surface area contributed by atoms with Gasteiger partial charge in [-0.15, -0.1) is 0 Å². The van der Waals surface area contributed by atoms with Crippen LogP contribution in [0.3, 0.4) is 0 Å². The quantitative estimate of drug-likeness (QED) is 0.686. The van der Waals surface area contributed by atoms with Gasteiger partial charge in [-0.3, -0.25) is 4.90 Å². The Hall–Kier alpha value is -0.980. The lowest BCUT2D eigenvalue weighted by atomic mass is 9.85. The molecule has 5 unspecified atom stereocenters. The highest BCUT2D eigenvalue weighted by Crippen LogP contribution is 2.33. The van der Waals surface area contributed by atoms with Crippen molar-refractivity contribution in [2.75, 3.05) is 19.7 Å². The summed E-state index contributed by atoms with van der Waals surface area (Å²) in [5.41, 5.74) is 1.15. The van der Waals surface area contributed by atoms with Crippen LogP contribution in [0.2, 0.25) is 0 Å². The van der Waals surface area contributed by atoms with Crippen molar-refractivity contribution in [1.82, 2.24) is 4.90 Å². The van der Waals surface area contributed by atoms with Crippen molar-refractivity contribution in [1.29, 1.82) is 0 Å². The van der Waals surface area contributed by atoms with Gasteiger partial charge in [0.15, 0.2) is 0 Å². The second-order valence-corrected chi connectivity index (χ2v) is 6.41. The highest BCUT2D eigenvalue weighted by molar-refractivity contribution is 5.13. The Kier molecular flexibility index (Phi) is 5.10. The fourth-order valence-electron chi connectivity index (χ4n) is 3.67. The van der Waals surface area contributed by atoms with E-state index in [0.29, 0.717) is 19.8 Å². The Balaban J connectivity index is 1.45. The molecule has 5 heteroatoms. The average molecular weight is 307 g/mol. The summed E-state index contributed by atoms with van der Waals surface area (Å²) in [6.07, 6.45) is -0.524. The molecule has 22 heavy (non-hydrogen) atoms. The lowest BCUT2D eigenvalue weighted by Crippen LogP contribution is -2.53. The summed E-state index contributed by atoms with van der Waals surface area (Å²) in [7, 11) is 0. The summed E-state index contributed by atoms with van der Waals surface area (Å²) in [5.74, 6) is 0.122. The molecule has 2 fully saturated rings. The van der Waals surface area contributed by atoms with Crippen LogP contribution in [0.4, 0.5) is 0 Å². The minimum Gasteiger partial charge on any atom is -0.391 e. The Morgan fingerprint density at radius 1 is 1.09 bits per heavy atom. The van der Waals surface area contributed by atoms with E-state index in [-0.39, 0.29) is 12.0 Å². The number of ether oxygens (including phenoxy) is 1. The minimum atomic E-state index is -0.844. The molecule has 0 amide bonds. The van der Waals surface area contributed by atoms with Crippen LogP contribution in [-0.4, -0.2) is 64.3 Å². The zero-order valence-corrected chi connectivity index (χ0v) is 12.7. The monoisotopic (exact) mass is 307 g/mol. The number of hydrogen-bond donors (Lipinski definition) is 3. The van der Waals surface area contributed by atoms with Crippen molar-refractivity contribution < 1.29 is 20.1 Å². The van der Waals surface area contributed by atoms with Crippen LogP contribution in [0.1, 0.15) is 18.4 Å². The number of aliphatic hydroxyl groups is 3. The van der Waals surface area contributed by atoms with E-state index >= 15 is 0 Å². The van der Waals surface area contributed by atoms with Gasteiger partial charge in [0.1, 0.15) is 0 Å². The smallest absolute Gasteiger partial charge is 0.0991 e. The molecule has 3 rings (SSSR count). The SMILES string of the molecule is OC1CN2CCC(CCOCc3ccccc3)C(O)C2C1O. The second-order valence-electron chi connectivity index (χ2n) is 6.41. The third-order valence-electron chi connectivity index (χ3n) is 4.95. The third kappa shape index (κ3) is 3.34. The van der Waals surface area contributed by atoms with Gasteiger partial charge in [0.2, 0.25) is 0 Å². The Bertz CT molecular complexity index is 469. The van der Waals surface area contributed by atoms with Crippen molar-refractivity contribution in [3.63, 3.8) is 0 Å². The molecule has 3 N–H and O–H groups in total. The van der Waals surface area contributed by atoms with E-state index in [2.05, 4.69) is 0 Å². The molecule has 1 aromatic rings. The normalized spacial score (nSPS) is 35.5. The topological polar surface area (TPSA) is 73.2 Å². The number of benzene rings is 1. The van der Waals surface area contributed by atoms with E-state index in [9.17, 15) is 15.3 Å². The molecule has 0 aliphatic carbocycles. The predicted molar refractivity (Wildman–Crippen MR) is 82.2 cm³/mol. The summed E-state index contributed by atoms with van der Waals surface area (Å²) >= 11 is 0. The van der Waals surface area contributed by atoms with Gasteiger partial charge in [0, 0.05) is 13.2 Å². The van der Waals surface area contributed by atoms with Gasteiger partial charge < -0.3 is 20.1 Å². The van der Waals surface area contributed by atoms with Crippen molar-refractivity contribution in [3.05, 3.63) is 35.9 Å². The zero-order valence-electron chi connectivity index (χ0n) is 12.7. The second kappa shape index (κ2) is 7.06. The summed E-state index contributed by atoms with van der Waals surface area (Å²) in [4.78, 5) is 2.00. The van der Waals surface area contributed by atoms with E-state index in [1.807, 2.05) is 35.2 Å². The first-order valence-corrected chi connectivity index (χ1v) is 8.06. The Morgan fingerprint density at radius 3 is 2.64 bits per heavy atom. The van der Waals surface area contributed by atoms with Gasteiger partial charge in [0.25, 0.3) is 0 Å². The molecule has 0 radical (unpaired) electrons. The average Bonchev–Trinajstić information content (AvgIpc) is 2.82. The molecule has 5 atom stereocenters. The van der Waals surface area contributed by atoms with Gasteiger partial charge in [-0.1, -0.05) is 30.3 Å². The summed E-state index contributed by atoms with van der Waals surface area (Å²) < 4.78 is 5.69. The number of piperidine rings is 1. The van der Waals surface area contributed by atoms with Crippen LogP contribution in [0.15, 0.2) is 30.3 Å². The highest BCUT2D eigenvalue weighted by atomic mass is 16.5. The van der Waals surface area contributed by atoms with Gasteiger partial charge in [-0.25, -0.2) is 0 Å². The van der Waals surface area contributed by atoms with E-state index in [1.165, 1.54) is 0 Å². The maximum Gasteiger partial charge on any atom is 0.0991 e. The van der Waals surface area contributed by atoms with Gasteiger partial charge in [0.05, 0.1) is 31.0 Å². The number of nitrogens with zero attached hydrogens (tertiary/aromatic N) is 1. The molecule has 0 saturated carbocycles. The molecule has 0 bridgehead atoms. The summed E-state index contributed by atoms with van der Waals surface area (Å²) in [6.45, 7) is 2.46. The molecule has 122 valence electrons. The summed E-state index contributed by atoms with van der Waals surface area (Å²) in [5, 5.41) is 30.2. The maximum absolute atomic E-state index is 10.5. The number of aliphatic hydroxyl groups excluding tert-OH is 3. The van der Waals surface area contributed by atoms with Gasteiger partial charge in [-0.05, 0) is 30.9 Å². The van der Waals surface area contributed by atoms with E-state index < -0.39 is 18.3 Å². The van der Waals surface area contributed by atoms with Crippen molar-refractivity contribution >= 4 is 0 Å². The van der Waals surface area contributed by atoms with Crippen LogP contribution >= 0.6 is 0 Å². The Morgan fingerprint density at radius 2 is 1.86 bits per heavy atom. The molecule has 5 nitrogen and oxygen atoms in total. The van der Waals surface area contributed by atoms with Crippen LogP contribution in [0.25, 0.3) is 0 Å². The zero-order chi connectivity index (χ0) is 15.5. The van der Waals surface area contributed by atoms with Crippen LogP contribution in [-0.2, 0) is 11.3 Å². The lowest BCUT2D eigenvalue weighted by Gasteiger charge is -2.40. The van der Waals surface area contributed by atoms with Crippen molar-refractivity contribution in [2.45, 2.75) is 43.8 Å². The number of fused-ring (bicyclic) bond motifs is 1. The molecular weight excluding hydrogens is 282 g/mol. The molecule has 2 aliphatic rings. The number of rotatable bonds is 5. The first kappa shape index (κ1) is 15.9. The first-order chi connectivity index (χ1) is 10.7. The van der Waals surface area contributed by atoms with Crippen LogP contribution in [0, 0.1) is 5.92 Å². The first-order valence-electron chi connectivity index (χ1n) is 8.06. The molecule has 2 saturated heterocycles. The highest BCUT2D eigenvalue weighted by Gasteiger charge is 2.48.